The molecule has 0 saturated heterocycles. The van der Waals surface area contributed by atoms with Crippen LogP contribution in [-0.2, 0) is 19.6 Å². The summed E-state index contributed by atoms with van der Waals surface area (Å²) in [4.78, 5) is 63.2. The third-order valence-corrected chi connectivity index (χ3v) is 16.7. The van der Waals surface area contributed by atoms with Gasteiger partial charge in [0.1, 0.15) is 23.0 Å². The van der Waals surface area contributed by atoms with Crippen molar-refractivity contribution in [2.45, 2.75) is 45.3 Å². The minimum Gasteiger partial charge on any atom is -0.493 e. The highest BCUT2D eigenvalue weighted by molar-refractivity contribution is 6.28. The number of nitro groups is 2. The zero-order chi connectivity index (χ0) is 78.1. The first-order valence-electron chi connectivity index (χ1n) is 35.9. The molecule has 0 amide bonds. The number of nitrogens with two attached hydrogens (primary N) is 1. The number of nitrogens with one attached hydrogen (secondary N) is 3. The lowest BCUT2D eigenvalue weighted by molar-refractivity contribution is -0.385. The fourth-order valence-corrected chi connectivity index (χ4v) is 11.6. The molecule has 0 unspecified atom stereocenters. The van der Waals surface area contributed by atoms with Gasteiger partial charge in [-0.15, -0.1) is 19.7 Å². The van der Waals surface area contributed by atoms with Crippen LogP contribution in [0.1, 0.15) is 42.4 Å². The Balaban J connectivity index is 0.000000160. The number of non-ortho nitro benzene ring substituents is 2. The maximum atomic E-state index is 11.4. The molecule has 4 aromatic heterocycles. The number of hydrogen-bond acceptors (Lipinski definition) is 23. The predicted molar refractivity (Wildman–Crippen MR) is 440 cm³/mol. The summed E-state index contributed by atoms with van der Waals surface area (Å²) in [6.07, 6.45) is 23.9. The summed E-state index contributed by atoms with van der Waals surface area (Å²) in [6, 6.07) is 54.3. The van der Waals surface area contributed by atoms with Gasteiger partial charge < -0.3 is 40.6 Å². The zero-order valence-corrected chi connectivity index (χ0v) is 62.9. The van der Waals surface area contributed by atoms with Crippen molar-refractivity contribution in [1.29, 1.82) is 0 Å². The molecule has 26 heteroatoms. The standard InChI is InChI=1S/C25H27N5O3.C23H23N5O3.C23H25N5O.C14H13ClN2O/c1-4-6-13-33-23-9-7-8-20(16-23)24-10-11-26-25(28-24)27-21-14-19(18-29(3)12-5-2)15-22(17-21)30(31)32;1-27-10-3-2-4-11-31-21-7-5-6-18(14-21)22-8-9-24-23(26-22)25-19-12-17(16-27)13-20(15-19)28(29)30;1-28-10-3-2-4-11-29-21-7-5-6-18(14-21)22-8-9-25-23(27-22)26-20-13-17(16-28)12-19(24)15-20;1-2-3-9-18-12-6-4-5-11(10-12)13-7-8-16-14(15)17-13/h4-5,7-11,14-17H,1-2,6,12-13,18H2,3H3,(H,26,27,28);2-3,5-9,12-15H,4,10-11,16H2,1H3,(H,24,25,26);2-3,5-9,12-15H,4,10-11,16,24H2,1H3,(H,25,26,27);2,4-8,10H,1,3,9H2/b;2*3-2+;. The molecule has 0 aliphatic carbocycles. The van der Waals surface area contributed by atoms with E-state index in [2.05, 4.69) is 123 Å². The zero-order valence-electron chi connectivity index (χ0n) is 62.1. The molecular weight excluding hydrogens is 1420 g/mol. The van der Waals surface area contributed by atoms with Crippen LogP contribution >= 0.6 is 11.6 Å². The van der Waals surface area contributed by atoms with E-state index in [1.807, 2.05) is 171 Å². The van der Waals surface area contributed by atoms with Crippen LogP contribution in [0.15, 0.2) is 263 Å². The molecule has 25 nitrogen and oxygen atoms in total. The lowest BCUT2D eigenvalue weighted by Crippen LogP contribution is -2.18. The van der Waals surface area contributed by atoms with Crippen molar-refractivity contribution in [2.24, 2.45) is 0 Å². The number of hydrogen-bond donors (Lipinski definition) is 4. The van der Waals surface area contributed by atoms with Gasteiger partial charge in [-0.05, 0) is 178 Å². The number of fused-ring (bicyclic) bond motifs is 14. The van der Waals surface area contributed by atoms with Crippen molar-refractivity contribution in [3.8, 4) is 68.0 Å². The minimum atomic E-state index is -0.405. The maximum absolute atomic E-state index is 11.4. The number of aromatic nitrogens is 8. The van der Waals surface area contributed by atoms with Crippen LogP contribution in [0.4, 0.5) is 52.0 Å². The molecule has 0 spiro atoms. The van der Waals surface area contributed by atoms with E-state index in [1.165, 1.54) is 12.1 Å². The van der Waals surface area contributed by atoms with Crippen LogP contribution in [0.5, 0.6) is 23.0 Å². The Labute approximate surface area is 651 Å². The van der Waals surface area contributed by atoms with Crippen LogP contribution in [0, 0.1) is 20.2 Å². The Hall–Kier alpha value is -13.1. The van der Waals surface area contributed by atoms with E-state index in [9.17, 15) is 20.2 Å². The number of rotatable bonds is 18. The van der Waals surface area contributed by atoms with Gasteiger partial charge in [-0.1, -0.05) is 91.1 Å². The van der Waals surface area contributed by atoms with E-state index in [-0.39, 0.29) is 21.6 Å². The number of nitro benzene ring substituents is 2. The second-order valence-corrected chi connectivity index (χ2v) is 26.0. The number of ether oxygens (including phenoxy) is 4. The smallest absolute Gasteiger partial charge is 0.271 e. The van der Waals surface area contributed by atoms with Crippen LogP contribution in [0.3, 0.4) is 0 Å². The molecule has 6 heterocycles. The van der Waals surface area contributed by atoms with E-state index in [4.69, 9.17) is 36.3 Å². The van der Waals surface area contributed by atoms with Crippen molar-refractivity contribution in [2.75, 3.05) is 88.9 Å². The molecule has 2 aliphatic rings. The molecule has 11 aromatic rings. The Morgan fingerprint density at radius 1 is 0.559 bits per heavy atom. The van der Waals surface area contributed by atoms with Crippen LogP contribution in [-0.4, -0.2) is 132 Å². The average molecular weight is 1510 g/mol. The van der Waals surface area contributed by atoms with Gasteiger partial charge in [-0.25, -0.2) is 39.9 Å². The van der Waals surface area contributed by atoms with E-state index in [0.717, 1.165) is 130 Å². The van der Waals surface area contributed by atoms with Gasteiger partial charge in [0, 0.05) is 133 Å². The van der Waals surface area contributed by atoms with Gasteiger partial charge in [0.25, 0.3) is 11.4 Å². The molecule has 111 heavy (non-hydrogen) atoms. The van der Waals surface area contributed by atoms with Crippen molar-refractivity contribution >= 4 is 63.6 Å². The second-order valence-electron chi connectivity index (χ2n) is 25.7. The predicted octanol–water partition coefficient (Wildman–Crippen LogP) is 17.9. The van der Waals surface area contributed by atoms with Crippen molar-refractivity contribution < 1.29 is 28.8 Å². The first kappa shape index (κ1) is 80.5. The van der Waals surface area contributed by atoms with Gasteiger partial charge >= 0.3 is 0 Å². The molecule has 12 bridgehead atoms. The highest BCUT2D eigenvalue weighted by atomic mass is 35.5. The third-order valence-electron chi connectivity index (χ3n) is 16.5. The molecule has 0 radical (unpaired) electrons. The van der Waals surface area contributed by atoms with E-state index < -0.39 is 4.92 Å². The molecule has 13 rings (SSSR count). The maximum Gasteiger partial charge on any atom is 0.271 e. The largest absolute Gasteiger partial charge is 0.493 e. The lowest BCUT2D eigenvalue weighted by Gasteiger charge is -2.16. The Morgan fingerprint density at radius 2 is 1.05 bits per heavy atom. The third kappa shape index (κ3) is 26.4. The number of nitrogen functional groups attached to an aromatic ring is 1. The fourth-order valence-electron chi connectivity index (χ4n) is 11.5. The molecule has 0 saturated carbocycles. The number of benzene rings is 7. The van der Waals surface area contributed by atoms with Gasteiger partial charge in [0.05, 0.1) is 59.0 Å². The Morgan fingerprint density at radius 3 is 1.58 bits per heavy atom. The highest BCUT2D eigenvalue weighted by Crippen LogP contribution is 2.32. The summed E-state index contributed by atoms with van der Waals surface area (Å²) in [6.45, 7) is 17.6. The van der Waals surface area contributed by atoms with Crippen LogP contribution in [0.25, 0.3) is 45.0 Å². The van der Waals surface area contributed by atoms with Gasteiger partial charge in [0.2, 0.25) is 23.1 Å². The summed E-state index contributed by atoms with van der Waals surface area (Å²) < 4.78 is 23.1. The quantitative estimate of drug-likeness (QED) is 0.0155. The van der Waals surface area contributed by atoms with Crippen molar-refractivity contribution in [3.63, 3.8) is 0 Å². The highest BCUT2D eigenvalue weighted by Gasteiger charge is 2.17. The summed E-state index contributed by atoms with van der Waals surface area (Å²) in [7, 11) is 5.99. The van der Waals surface area contributed by atoms with Gasteiger partial charge in [-0.2, -0.15) is 0 Å². The van der Waals surface area contributed by atoms with Crippen molar-refractivity contribution in [3.05, 3.63) is 305 Å². The number of nitrogens with zero attached hydrogens (tertiary/aromatic N) is 13. The fraction of sp³-hybridized carbons (Fsp3) is 0.200. The first-order chi connectivity index (χ1) is 54.0. The van der Waals surface area contributed by atoms with Gasteiger partial charge in [-0.3, -0.25) is 34.9 Å². The molecule has 5 N–H and O–H groups in total. The van der Waals surface area contributed by atoms with E-state index in [1.54, 1.807) is 49.1 Å². The number of halogens is 1. The first-order valence-corrected chi connectivity index (χ1v) is 36.2. The molecule has 0 fully saturated rings. The Kier molecular flexibility index (Phi) is 30.4. The summed E-state index contributed by atoms with van der Waals surface area (Å²) in [5.41, 5.74) is 18.4. The van der Waals surface area contributed by atoms with Gasteiger partial charge in [0.15, 0.2) is 0 Å². The average Bonchev–Trinajstić information content (AvgIpc) is 0.836. The summed E-state index contributed by atoms with van der Waals surface area (Å²) >= 11 is 5.77. The number of anilines is 7. The van der Waals surface area contributed by atoms with Crippen LogP contribution < -0.4 is 40.6 Å². The second kappa shape index (κ2) is 41.9. The SMILES string of the molecule is C=CCCOc1cccc(-c2ccnc(Cl)n2)c1.C=CCCOc1cccc(-c2ccnc(Nc3cc(CN(C)CC=C)cc([N+](=O)[O-])c3)n2)c1.CN1C/C=C/CCOc2cccc(c2)-c2ccnc(n2)Nc2cc(N)cc(c2)C1.CN1C/C=C/CCOc2cccc(c2)-c2ccnc(n2)Nc2cc(cc([N+](=O)[O-])c2)C1. The van der Waals surface area contributed by atoms with Crippen molar-refractivity contribution in [1.82, 2.24) is 54.6 Å². The summed E-state index contributed by atoms with van der Waals surface area (Å²) in [5.74, 6) is 4.41. The van der Waals surface area contributed by atoms with E-state index in [0.29, 0.717) is 86.7 Å². The normalized spacial score (nSPS) is 13.3. The van der Waals surface area contributed by atoms with E-state index >= 15 is 0 Å². The molecular formula is C85H88ClN17O8. The Bertz CT molecular complexity index is 5030. The lowest BCUT2D eigenvalue weighted by atomic mass is 10.1. The molecule has 0 atom stereocenters. The van der Waals surface area contributed by atoms with Crippen LogP contribution in [0.2, 0.25) is 5.28 Å². The molecule has 7 aromatic carbocycles. The molecule has 568 valence electrons. The monoisotopic (exact) mass is 1510 g/mol. The topological polar surface area (TPSA) is 298 Å². The minimum absolute atomic E-state index is 0.00234. The summed E-state index contributed by atoms with van der Waals surface area (Å²) in [5, 5.41) is 32.6. The molecule has 2 aliphatic heterocycles. The number of likely N-dealkylation sites (N-methyl/N-ethyl adjacent to an activating group) is 3.